The van der Waals surface area contributed by atoms with Crippen molar-refractivity contribution in [1.82, 2.24) is 0 Å². The Hall–Kier alpha value is -2.95. The third-order valence-electron chi connectivity index (χ3n) is 3.57. The fourth-order valence-corrected chi connectivity index (χ4v) is 2.42. The second kappa shape index (κ2) is 5.81. The Bertz CT molecular complexity index is 762. The highest BCUT2D eigenvalue weighted by atomic mass is 16.6. The third-order valence-corrected chi connectivity index (χ3v) is 3.57. The molecule has 0 aromatic heterocycles. The molecule has 0 radical (unpaired) electrons. The lowest BCUT2D eigenvalue weighted by Gasteiger charge is -2.07. The van der Waals surface area contributed by atoms with Crippen molar-refractivity contribution < 1.29 is 14.5 Å². The zero-order valence-electron chi connectivity index (χ0n) is 11.7. The Balaban J connectivity index is 1.65. The molecule has 5 heteroatoms. The summed E-state index contributed by atoms with van der Waals surface area (Å²) < 4.78 is 5.29. The average molecular weight is 295 g/mol. The Morgan fingerprint density at radius 1 is 1.14 bits per heavy atom. The number of benzene rings is 2. The minimum Gasteiger partial charge on any atom is -0.457 e. The summed E-state index contributed by atoms with van der Waals surface area (Å²) in [5.74, 6) is -0.372. The minimum absolute atomic E-state index is 0.0162. The van der Waals surface area contributed by atoms with Crippen molar-refractivity contribution in [1.29, 1.82) is 0 Å². The summed E-state index contributed by atoms with van der Waals surface area (Å²) in [6.07, 6.45) is 2.60. The van der Waals surface area contributed by atoms with Gasteiger partial charge < -0.3 is 4.74 Å². The van der Waals surface area contributed by atoms with Crippen LogP contribution in [0.3, 0.4) is 0 Å². The molecule has 0 fully saturated rings. The van der Waals surface area contributed by atoms with Crippen molar-refractivity contribution in [3.8, 4) is 0 Å². The van der Waals surface area contributed by atoms with Gasteiger partial charge in [-0.25, -0.2) is 4.79 Å². The lowest BCUT2D eigenvalue weighted by atomic mass is 10.1. The van der Waals surface area contributed by atoms with Gasteiger partial charge in [-0.3, -0.25) is 10.1 Å². The van der Waals surface area contributed by atoms with Crippen molar-refractivity contribution in [3.05, 3.63) is 81.4 Å². The Morgan fingerprint density at radius 2 is 1.86 bits per heavy atom. The molecule has 0 saturated heterocycles. The SMILES string of the molecule is O=C(OCc1ccc([N+](=O)[O-])cc1)C1=CCc2ccccc21. The molecule has 0 atom stereocenters. The lowest BCUT2D eigenvalue weighted by molar-refractivity contribution is -0.384. The summed E-state index contributed by atoms with van der Waals surface area (Å²) >= 11 is 0. The normalized spacial score (nSPS) is 12.5. The number of nitrogens with zero attached hydrogens (tertiary/aromatic N) is 1. The van der Waals surface area contributed by atoms with Crippen molar-refractivity contribution >= 4 is 17.2 Å². The molecule has 5 nitrogen and oxygen atoms in total. The third kappa shape index (κ3) is 2.74. The summed E-state index contributed by atoms with van der Waals surface area (Å²) in [6.45, 7) is 0.0936. The van der Waals surface area contributed by atoms with Crippen LogP contribution in [0.4, 0.5) is 5.69 Å². The van der Waals surface area contributed by atoms with Crippen LogP contribution in [-0.2, 0) is 22.6 Å². The van der Waals surface area contributed by atoms with Crippen LogP contribution in [0.15, 0.2) is 54.6 Å². The Morgan fingerprint density at radius 3 is 2.59 bits per heavy atom. The number of non-ortho nitro benzene ring substituents is 1. The molecule has 0 amide bonds. The molecule has 2 aromatic carbocycles. The van der Waals surface area contributed by atoms with E-state index in [0.29, 0.717) is 11.1 Å². The number of hydrogen-bond acceptors (Lipinski definition) is 4. The van der Waals surface area contributed by atoms with E-state index in [9.17, 15) is 14.9 Å². The van der Waals surface area contributed by atoms with E-state index in [1.165, 1.54) is 12.1 Å². The van der Waals surface area contributed by atoms with Gasteiger partial charge in [0.05, 0.1) is 10.5 Å². The first-order chi connectivity index (χ1) is 10.6. The Labute approximate surface area is 127 Å². The zero-order valence-corrected chi connectivity index (χ0v) is 11.7. The van der Waals surface area contributed by atoms with Gasteiger partial charge in [0, 0.05) is 12.1 Å². The largest absolute Gasteiger partial charge is 0.457 e. The van der Waals surface area contributed by atoms with Crippen molar-refractivity contribution in [2.75, 3.05) is 0 Å². The van der Waals surface area contributed by atoms with Gasteiger partial charge in [-0.1, -0.05) is 30.3 Å². The number of carbonyl (C=O) groups excluding carboxylic acids is 1. The molecular weight excluding hydrogens is 282 g/mol. The fourth-order valence-electron chi connectivity index (χ4n) is 2.42. The van der Waals surface area contributed by atoms with Crippen LogP contribution in [0.25, 0.3) is 5.57 Å². The van der Waals surface area contributed by atoms with Crippen LogP contribution in [-0.4, -0.2) is 10.9 Å². The molecule has 0 bridgehead atoms. The lowest BCUT2D eigenvalue weighted by Crippen LogP contribution is -2.06. The van der Waals surface area contributed by atoms with Crippen LogP contribution in [0.5, 0.6) is 0 Å². The molecule has 1 aliphatic rings. The maximum atomic E-state index is 12.2. The van der Waals surface area contributed by atoms with E-state index in [-0.39, 0.29) is 18.3 Å². The quantitative estimate of drug-likeness (QED) is 0.493. The van der Waals surface area contributed by atoms with Gasteiger partial charge in [-0.05, 0) is 35.2 Å². The van der Waals surface area contributed by atoms with Crippen LogP contribution < -0.4 is 0 Å². The minimum atomic E-state index is -0.462. The maximum absolute atomic E-state index is 12.2. The maximum Gasteiger partial charge on any atom is 0.338 e. The molecule has 110 valence electrons. The van der Waals surface area contributed by atoms with E-state index in [4.69, 9.17) is 4.74 Å². The van der Waals surface area contributed by atoms with Gasteiger partial charge >= 0.3 is 5.97 Å². The van der Waals surface area contributed by atoms with Crippen molar-refractivity contribution in [2.45, 2.75) is 13.0 Å². The molecular formula is C17H13NO4. The van der Waals surface area contributed by atoms with Crippen LogP contribution >= 0.6 is 0 Å². The predicted molar refractivity (Wildman–Crippen MR) is 81.0 cm³/mol. The summed E-state index contributed by atoms with van der Waals surface area (Å²) in [5.41, 5.74) is 3.34. The number of nitro groups is 1. The number of fused-ring (bicyclic) bond motifs is 1. The van der Waals surface area contributed by atoms with E-state index in [0.717, 1.165) is 17.5 Å². The van der Waals surface area contributed by atoms with Gasteiger partial charge in [0.15, 0.2) is 0 Å². The van der Waals surface area contributed by atoms with Crippen LogP contribution in [0.2, 0.25) is 0 Å². The summed E-state index contributed by atoms with van der Waals surface area (Å²) in [4.78, 5) is 22.3. The average Bonchev–Trinajstić information content (AvgIpc) is 2.97. The number of ether oxygens (including phenoxy) is 1. The van der Waals surface area contributed by atoms with E-state index in [2.05, 4.69) is 0 Å². The number of carbonyl (C=O) groups is 1. The number of hydrogen-bond donors (Lipinski definition) is 0. The molecule has 0 saturated carbocycles. The number of rotatable bonds is 4. The summed E-state index contributed by atoms with van der Waals surface area (Å²) in [7, 11) is 0. The second-order valence-electron chi connectivity index (χ2n) is 4.98. The fraction of sp³-hybridized carbons (Fsp3) is 0.118. The van der Waals surface area contributed by atoms with E-state index in [1.807, 2.05) is 30.3 Å². The first kappa shape index (κ1) is 14.0. The Kier molecular flexibility index (Phi) is 3.70. The topological polar surface area (TPSA) is 69.4 Å². The second-order valence-corrected chi connectivity index (χ2v) is 4.98. The molecule has 2 aromatic rings. The summed E-state index contributed by atoms with van der Waals surface area (Å²) in [6, 6.07) is 13.7. The molecule has 0 unspecified atom stereocenters. The van der Waals surface area contributed by atoms with Crippen LogP contribution in [0.1, 0.15) is 16.7 Å². The standard InChI is InChI=1S/C17H13NO4/c19-17(16-10-7-13-3-1-2-4-15(13)16)22-11-12-5-8-14(9-6-12)18(20)21/h1-6,8-10H,7,11H2. The molecule has 0 aliphatic heterocycles. The van der Waals surface area contributed by atoms with Crippen molar-refractivity contribution in [2.24, 2.45) is 0 Å². The van der Waals surface area contributed by atoms with E-state index >= 15 is 0 Å². The van der Waals surface area contributed by atoms with Gasteiger partial charge in [-0.15, -0.1) is 0 Å². The highest BCUT2D eigenvalue weighted by molar-refractivity contribution is 6.18. The van der Waals surface area contributed by atoms with Gasteiger partial charge in [0.2, 0.25) is 0 Å². The van der Waals surface area contributed by atoms with Crippen molar-refractivity contribution in [3.63, 3.8) is 0 Å². The van der Waals surface area contributed by atoms with Crippen LogP contribution in [0, 0.1) is 10.1 Å². The molecule has 1 aliphatic carbocycles. The monoisotopic (exact) mass is 295 g/mol. The molecule has 0 heterocycles. The molecule has 0 spiro atoms. The zero-order chi connectivity index (χ0) is 15.5. The first-order valence-electron chi connectivity index (χ1n) is 6.84. The predicted octanol–water partition coefficient (Wildman–Crippen LogP) is 3.28. The highest BCUT2D eigenvalue weighted by Gasteiger charge is 2.20. The number of allylic oxidation sites excluding steroid dienone is 1. The molecule has 3 rings (SSSR count). The van der Waals surface area contributed by atoms with E-state index in [1.54, 1.807) is 12.1 Å². The molecule has 0 N–H and O–H groups in total. The smallest absolute Gasteiger partial charge is 0.338 e. The van der Waals surface area contributed by atoms with Gasteiger partial charge in [0.1, 0.15) is 6.61 Å². The first-order valence-corrected chi connectivity index (χ1v) is 6.84. The molecule has 22 heavy (non-hydrogen) atoms. The number of esters is 1. The number of nitro benzene ring substituents is 1. The van der Waals surface area contributed by atoms with Gasteiger partial charge in [-0.2, -0.15) is 0 Å². The highest BCUT2D eigenvalue weighted by Crippen LogP contribution is 2.28. The summed E-state index contributed by atoms with van der Waals surface area (Å²) in [5, 5.41) is 10.6. The van der Waals surface area contributed by atoms with E-state index < -0.39 is 4.92 Å². The van der Waals surface area contributed by atoms with Gasteiger partial charge in [0.25, 0.3) is 5.69 Å².